The van der Waals surface area contributed by atoms with Crippen molar-refractivity contribution in [2.45, 2.75) is 19.4 Å². The Hall–Kier alpha value is -2.21. The van der Waals surface area contributed by atoms with Gasteiger partial charge in [-0.2, -0.15) is 5.10 Å². The molecule has 6 heteroatoms. The van der Waals surface area contributed by atoms with E-state index >= 15 is 0 Å². The number of benzene rings is 1. The van der Waals surface area contributed by atoms with Gasteiger partial charge in [-0.05, 0) is 19.9 Å². The lowest BCUT2D eigenvalue weighted by Crippen LogP contribution is -2.50. The zero-order valence-corrected chi connectivity index (χ0v) is 12.0. The minimum absolute atomic E-state index is 0.182. The number of aromatic amines is 1. The van der Waals surface area contributed by atoms with Gasteiger partial charge in [0.2, 0.25) is 0 Å². The second-order valence-electron chi connectivity index (χ2n) is 5.78. The zero-order valence-electron chi connectivity index (χ0n) is 12.0. The molecule has 1 amide bonds. The van der Waals surface area contributed by atoms with Crippen molar-refractivity contribution in [1.29, 1.82) is 0 Å². The molecule has 0 spiro atoms. The number of nitrogens with zero attached hydrogens (tertiary/aromatic N) is 2. The summed E-state index contributed by atoms with van der Waals surface area (Å²) in [6.07, 6.45) is 0. The molecule has 1 aromatic heterocycles. The maximum absolute atomic E-state index is 12.7. The molecule has 0 unspecified atom stereocenters. The number of carbonyl (C=O) groups is 1. The monoisotopic (exact) mass is 287 g/mol. The molecule has 2 aromatic rings. The van der Waals surface area contributed by atoms with Gasteiger partial charge in [0.05, 0.1) is 17.6 Å². The summed E-state index contributed by atoms with van der Waals surface area (Å²) in [6, 6.07) is 7.00. The molecule has 21 heavy (non-hydrogen) atoms. The topological polar surface area (TPSA) is 75.3 Å². The minimum Gasteiger partial charge on any atom is -0.372 e. The molecule has 1 saturated heterocycles. The molecule has 0 radical (unpaired) electrons. The molecular weight excluding hydrogens is 270 g/mol. The fraction of sp³-hybridized carbons (Fsp3) is 0.400. The van der Waals surface area contributed by atoms with Crippen LogP contribution in [-0.2, 0) is 4.74 Å². The van der Waals surface area contributed by atoms with E-state index in [0.717, 1.165) is 0 Å². The molecule has 1 aromatic carbocycles. The smallest absolute Gasteiger partial charge is 0.275 e. The van der Waals surface area contributed by atoms with Crippen molar-refractivity contribution in [3.63, 3.8) is 0 Å². The number of H-pyrrole nitrogens is 1. The number of amides is 1. The summed E-state index contributed by atoms with van der Waals surface area (Å²) in [5.74, 6) is -0.182. The Labute approximate surface area is 121 Å². The molecule has 0 aliphatic carbocycles. The fourth-order valence-corrected chi connectivity index (χ4v) is 2.62. The lowest BCUT2D eigenvalue weighted by molar-refractivity contribution is -0.0764. The van der Waals surface area contributed by atoms with Crippen molar-refractivity contribution >= 4 is 16.7 Å². The Kier molecular flexibility index (Phi) is 3.25. The van der Waals surface area contributed by atoms with Crippen molar-refractivity contribution in [1.82, 2.24) is 15.1 Å². The molecule has 6 nitrogen and oxygen atoms in total. The van der Waals surface area contributed by atoms with Gasteiger partial charge >= 0.3 is 0 Å². The third-order valence-electron chi connectivity index (χ3n) is 3.61. The highest BCUT2D eigenvalue weighted by Crippen LogP contribution is 2.20. The van der Waals surface area contributed by atoms with E-state index in [4.69, 9.17) is 4.74 Å². The molecule has 110 valence electrons. The van der Waals surface area contributed by atoms with Crippen LogP contribution in [0.15, 0.2) is 29.1 Å². The van der Waals surface area contributed by atoms with Crippen LogP contribution in [0.2, 0.25) is 0 Å². The highest BCUT2D eigenvalue weighted by Gasteiger charge is 2.31. The number of hydrogen-bond acceptors (Lipinski definition) is 4. The molecule has 2 heterocycles. The van der Waals surface area contributed by atoms with Crippen LogP contribution < -0.4 is 5.56 Å². The fourth-order valence-electron chi connectivity index (χ4n) is 2.62. The first-order chi connectivity index (χ1) is 9.98. The molecular formula is C15H17N3O3. The summed E-state index contributed by atoms with van der Waals surface area (Å²) < 4.78 is 5.62. The molecule has 3 rings (SSSR count). The Morgan fingerprint density at radius 1 is 1.33 bits per heavy atom. The van der Waals surface area contributed by atoms with Crippen LogP contribution in [0.25, 0.3) is 10.8 Å². The Bertz CT molecular complexity index is 751. The van der Waals surface area contributed by atoms with E-state index in [2.05, 4.69) is 10.2 Å². The van der Waals surface area contributed by atoms with Crippen molar-refractivity contribution in [3.05, 3.63) is 40.3 Å². The molecule has 1 fully saturated rings. The van der Waals surface area contributed by atoms with Crippen LogP contribution in [0.4, 0.5) is 0 Å². The number of morpholine rings is 1. The van der Waals surface area contributed by atoms with E-state index in [-0.39, 0.29) is 22.8 Å². The minimum atomic E-state index is -0.369. The van der Waals surface area contributed by atoms with Gasteiger partial charge in [-0.25, -0.2) is 5.10 Å². The first-order valence-corrected chi connectivity index (χ1v) is 6.89. The van der Waals surface area contributed by atoms with Gasteiger partial charge in [0.15, 0.2) is 5.69 Å². The van der Waals surface area contributed by atoms with Gasteiger partial charge in [0.25, 0.3) is 11.5 Å². The number of carbonyl (C=O) groups excluding carboxylic acids is 1. The highest BCUT2D eigenvalue weighted by atomic mass is 16.5. The second-order valence-corrected chi connectivity index (χ2v) is 5.78. The SMILES string of the molecule is CC1(C)CN(C(=O)c2n[nH]c(=O)c3ccccc23)CCO1. The number of ether oxygens (including phenoxy) is 1. The number of rotatable bonds is 1. The van der Waals surface area contributed by atoms with Crippen LogP contribution in [0.1, 0.15) is 24.3 Å². The van der Waals surface area contributed by atoms with Gasteiger partial charge in [-0.3, -0.25) is 9.59 Å². The number of aromatic nitrogens is 2. The van der Waals surface area contributed by atoms with Gasteiger partial charge < -0.3 is 9.64 Å². The lowest BCUT2D eigenvalue weighted by atomic mass is 10.1. The maximum atomic E-state index is 12.7. The lowest BCUT2D eigenvalue weighted by Gasteiger charge is -2.38. The van der Waals surface area contributed by atoms with Crippen molar-refractivity contribution < 1.29 is 9.53 Å². The predicted octanol–water partition coefficient (Wildman–Crippen LogP) is 1.17. The third kappa shape index (κ3) is 2.54. The van der Waals surface area contributed by atoms with E-state index in [1.165, 1.54) is 0 Å². The summed E-state index contributed by atoms with van der Waals surface area (Å²) in [4.78, 5) is 26.2. The molecule has 1 aliphatic rings. The summed E-state index contributed by atoms with van der Waals surface area (Å²) in [5, 5.41) is 7.41. The first kappa shape index (κ1) is 13.8. The molecule has 0 atom stereocenters. The molecule has 0 bridgehead atoms. The van der Waals surface area contributed by atoms with Gasteiger partial charge in [-0.15, -0.1) is 0 Å². The summed E-state index contributed by atoms with van der Waals surface area (Å²) in [7, 11) is 0. The van der Waals surface area contributed by atoms with Crippen LogP contribution in [0.5, 0.6) is 0 Å². The first-order valence-electron chi connectivity index (χ1n) is 6.89. The van der Waals surface area contributed by atoms with Crippen LogP contribution in [-0.4, -0.2) is 46.3 Å². The molecule has 0 saturated carbocycles. The molecule has 1 aliphatic heterocycles. The largest absolute Gasteiger partial charge is 0.372 e. The standard InChI is InChI=1S/C15H17N3O3/c1-15(2)9-18(7-8-21-15)14(20)12-10-5-3-4-6-11(10)13(19)17-16-12/h3-6H,7-9H2,1-2H3,(H,17,19). The quantitative estimate of drug-likeness (QED) is 0.854. The average molecular weight is 287 g/mol. The van der Waals surface area contributed by atoms with E-state index < -0.39 is 0 Å². The van der Waals surface area contributed by atoms with Crippen LogP contribution in [0, 0.1) is 0 Å². The second kappa shape index (κ2) is 4.96. The predicted molar refractivity (Wildman–Crippen MR) is 78.3 cm³/mol. The molecule has 1 N–H and O–H groups in total. The Morgan fingerprint density at radius 2 is 2.05 bits per heavy atom. The number of nitrogens with one attached hydrogen (secondary N) is 1. The van der Waals surface area contributed by atoms with Gasteiger partial charge in [0, 0.05) is 18.5 Å². The summed E-state index contributed by atoms with van der Waals surface area (Å²) in [5.41, 5.74) is -0.376. The summed E-state index contributed by atoms with van der Waals surface area (Å²) >= 11 is 0. The van der Waals surface area contributed by atoms with Gasteiger partial charge in [0.1, 0.15) is 0 Å². The van der Waals surface area contributed by atoms with E-state index in [1.807, 2.05) is 13.8 Å². The van der Waals surface area contributed by atoms with Gasteiger partial charge in [-0.1, -0.05) is 18.2 Å². The van der Waals surface area contributed by atoms with Crippen LogP contribution >= 0.6 is 0 Å². The Morgan fingerprint density at radius 3 is 2.76 bits per heavy atom. The van der Waals surface area contributed by atoms with Crippen molar-refractivity contribution in [2.24, 2.45) is 0 Å². The maximum Gasteiger partial charge on any atom is 0.275 e. The van der Waals surface area contributed by atoms with E-state index in [0.29, 0.717) is 30.5 Å². The summed E-state index contributed by atoms with van der Waals surface area (Å²) in [6.45, 7) is 5.42. The normalized spacial score (nSPS) is 17.9. The number of hydrogen-bond donors (Lipinski definition) is 1. The Balaban J connectivity index is 2.03. The van der Waals surface area contributed by atoms with Crippen molar-refractivity contribution in [2.75, 3.05) is 19.7 Å². The zero-order chi connectivity index (χ0) is 15.0. The van der Waals surface area contributed by atoms with Crippen molar-refractivity contribution in [3.8, 4) is 0 Å². The third-order valence-corrected chi connectivity index (χ3v) is 3.61. The number of fused-ring (bicyclic) bond motifs is 1. The highest BCUT2D eigenvalue weighted by molar-refractivity contribution is 6.04. The van der Waals surface area contributed by atoms with Crippen LogP contribution in [0.3, 0.4) is 0 Å². The van der Waals surface area contributed by atoms with E-state index in [1.54, 1.807) is 29.2 Å². The van der Waals surface area contributed by atoms with E-state index in [9.17, 15) is 9.59 Å². The average Bonchev–Trinajstić information content (AvgIpc) is 2.46.